The van der Waals surface area contributed by atoms with E-state index in [1.54, 1.807) is 43.1 Å². The van der Waals surface area contributed by atoms with Crippen molar-refractivity contribution in [3.63, 3.8) is 0 Å². The Kier molecular flexibility index (Phi) is 6.50. The van der Waals surface area contributed by atoms with Gasteiger partial charge in [0.15, 0.2) is 11.5 Å². The molecule has 0 radical (unpaired) electrons. The van der Waals surface area contributed by atoms with Gasteiger partial charge in [-0.15, -0.1) is 11.8 Å². The molecule has 3 aromatic rings. The largest absolute Gasteiger partial charge is 0.493 e. The highest BCUT2D eigenvalue weighted by atomic mass is 35.5. The molecule has 4 nitrogen and oxygen atoms in total. The quantitative estimate of drug-likeness (QED) is 0.485. The first-order valence-corrected chi connectivity index (χ1v) is 11.1. The lowest BCUT2D eigenvalue weighted by Gasteiger charge is -2.25. The van der Waals surface area contributed by atoms with E-state index in [4.69, 9.17) is 21.1 Å². The number of rotatable bonds is 6. The molecule has 154 valence electrons. The molecule has 0 aliphatic carbocycles. The monoisotopic (exact) mass is 439 g/mol. The molecule has 1 aliphatic rings. The molecule has 3 aromatic carbocycles. The number of methoxy groups -OCH3 is 1. The number of hydrogen-bond acceptors (Lipinski definition) is 4. The number of carbonyl (C=O) groups excluding carboxylic acids is 1. The zero-order valence-electron chi connectivity index (χ0n) is 16.6. The van der Waals surface area contributed by atoms with Crippen molar-refractivity contribution >= 4 is 29.3 Å². The van der Waals surface area contributed by atoms with Crippen LogP contribution in [0.15, 0.2) is 72.8 Å². The SMILES string of the molecule is COc1ccc(C2SCCN2C(=O)c2ccc(Cl)cc2)cc1OCc1ccccc1. The predicted molar refractivity (Wildman–Crippen MR) is 121 cm³/mol. The van der Waals surface area contributed by atoms with Crippen molar-refractivity contribution in [2.45, 2.75) is 12.0 Å². The molecule has 0 N–H and O–H groups in total. The second-order valence-electron chi connectivity index (χ2n) is 6.91. The smallest absolute Gasteiger partial charge is 0.255 e. The van der Waals surface area contributed by atoms with Gasteiger partial charge in [0.2, 0.25) is 0 Å². The number of benzene rings is 3. The van der Waals surface area contributed by atoms with Crippen LogP contribution in [-0.2, 0) is 6.61 Å². The Morgan fingerprint density at radius 2 is 1.83 bits per heavy atom. The van der Waals surface area contributed by atoms with Crippen molar-refractivity contribution < 1.29 is 14.3 Å². The Morgan fingerprint density at radius 3 is 2.57 bits per heavy atom. The number of carbonyl (C=O) groups is 1. The fourth-order valence-electron chi connectivity index (χ4n) is 3.41. The van der Waals surface area contributed by atoms with Gasteiger partial charge >= 0.3 is 0 Å². The second-order valence-corrected chi connectivity index (χ2v) is 8.54. The molecule has 1 atom stereocenters. The number of halogens is 1. The Morgan fingerprint density at radius 1 is 1.07 bits per heavy atom. The van der Waals surface area contributed by atoms with E-state index in [1.807, 2.05) is 53.4 Å². The Bertz CT molecular complexity index is 1010. The molecule has 1 fully saturated rings. The third-order valence-corrected chi connectivity index (χ3v) is 6.47. The summed E-state index contributed by atoms with van der Waals surface area (Å²) < 4.78 is 11.5. The summed E-state index contributed by atoms with van der Waals surface area (Å²) in [5.74, 6) is 2.23. The van der Waals surface area contributed by atoms with Gasteiger partial charge in [0.1, 0.15) is 12.0 Å². The van der Waals surface area contributed by atoms with Gasteiger partial charge in [-0.1, -0.05) is 48.0 Å². The van der Waals surface area contributed by atoms with Crippen LogP contribution in [0.2, 0.25) is 5.02 Å². The van der Waals surface area contributed by atoms with E-state index in [1.165, 1.54) is 0 Å². The zero-order valence-corrected chi connectivity index (χ0v) is 18.2. The average Bonchev–Trinajstić information content (AvgIpc) is 3.28. The maximum atomic E-state index is 13.1. The normalized spacial score (nSPS) is 15.8. The third kappa shape index (κ3) is 4.58. The zero-order chi connectivity index (χ0) is 20.9. The highest BCUT2D eigenvalue weighted by Gasteiger charge is 2.31. The fraction of sp³-hybridized carbons (Fsp3) is 0.208. The van der Waals surface area contributed by atoms with E-state index < -0.39 is 0 Å². The summed E-state index contributed by atoms with van der Waals surface area (Å²) in [5, 5.41) is 0.549. The molecular formula is C24H22ClNO3S. The van der Waals surface area contributed by atoms with E-state index in [0.717, 1.165) is 16.9 Å². The molecule has 0 saturated carbocycles. The molecule has 1 unspecified atom stereocenters. The summed E-state index contributed by atoms with van der Waals surface area (Å²) in [6, 6.07) is 22.9. The van der Waals surface area contributed by atoms with E-state index >= 15 is 0 Å². The van der Waals surface area contributed by atoms with Crippen molar-refractivity contribution in [2.24, 2.45) is 0 Å². The first-order chi connectivity index (χ1) is 14.7. The molecule has 1 heterocycles. The van der Waals surface area contributed by atoms with Crippen LogP contribution in [0.3, 0.4) is 0 Å². The first kappa shape index (κ1) is 20.6. The topological polar surface area (TPSA) is 38.8 Å². The van der Waals surface area contributed by atoms with Gasteiger partial charge in [0, 0.05) is 22.9 Å². The van der Waals surface area contributed by atoms with Crippen molar-refractivity contribution in [3.05, 3.63) is 94.5 Å². The van der Waals surface area contributed by atoms with Gasteiger partial charge in [0.25, 0.3) is 5.91 Å². The number of thioether (sulfide) groups is 1. The summed E-state index contributed by atoms with van der Waals surface area (Å²) in [5.41, 5.74) is 2.74. The van der Waals surface area contributed by atoms with Crippen LogP contribution in [0.25, 0.3) is 0 Å². The number of amides is 1. The summed E-state index contributed by atoms with van der Waals surface area (Å²) >= 11 is 7.71. The van der Waals surface area contributed by atoms with E-state index in [2.05, 4.69) is 0 Å². The average molecular weight is 440 g/mol. The Hall–Kier alpha value is -2.63. The van der Waals surface area contributed by atoms with Gasteiger partial charge in [-0.2, -0.15) is 0 Å². The molecule has 30 heavy (non-hydrogen) atoms. The van der Waals surface area contributed by atoms with Crippen LogP contribution in [0, 0.1) is 0 Å². The lowest BCUT2D eigenvalue weighted by molar-refractivity contribution is 0.0760. The fourth-order valence-corrected chi connectivity index (χ4v) is 4.78. The van der Waals surface area contributed by atoms with Crippen molar-refractivity contribution in [2.75, 3.05) is 19.4 Å². The van der Waals surface area contributed by atoms with Crippen molar-refractivity contribution in [1.82, 2.24) is 4.90 Å². The molecule has 0 spiro atoms. The van der Waals surface area contributed by atoms with E-state index in [-0.39, 0.29) is 11.3 Å². The van der Waals surface area contributed by atoms with Gasteiger partial charge in [0.05, 0.1) is 7.11 Å². The van der Waals surface area contributed by atoms with Crippen LogP contribution >= 0.6 is 23.4 Å². The minimum absolute atomic E-state index is 0.00392. The van der Waals surface area contributed by atoms with Crippen LogP contribution in [0.5, 0.6) is 11.5 Å². The number of hydrogen-bond donors (Lipinski definition) is 0. The molecule has 1 saturated heterocycles. The second kappa shape index (κ2) is 9.45. The molecule has 0 aromatic heterocycles. The lowest BCUT2D eigenvalue weighted by Crippen LogP contribution is -2.30. The molecule has 4 rings (SSSR count). The highest BCUT2D eigenvalue weighted by Crippen LogP contribution is 2.42. The third-order valence-electron chi connectivity index (χ3n) is 4.95. The van der Waals surface area contributed by atoms with Crippen LogP contribution in [0.4, 0.5) is 0 Å². The molecular weight excluding hydrogens is 418 g/mol. The Labute approximate surface area is 185 Å². The minimum Gasteiger partial charge on any atom is -0.493 e. The molecule has 6 heteroatoms. The summed E-state index contributed by atoms with van der Waals surface area (Å²) in [7, 11) is 1.63. The van der Waals surface area contributed by atoms with Crippen molar-refractivity contribution in [3.8, 4) is 11.5 Å². The molecule has 0 bridgehead atoms. The molecule has 1 amide bonds. The Balaban J connectivity index is 1.56. The number of nitrogens with zero attached hydrogens (tertiary/aromatic N) is 1. The van der Waals surface area contributed by atoms with Gasteiger partial charge in [-0.05, 0) is 47.5 Å². The molecule has 1 aliphatic heterocycles. The maximum absolute atomic E-state index is 13.1. The standard InChI is InChI=1S/C24H22ClNO3S/c1-28-21-12-9-19(15-22(21)29-16-17-5-3-2-4-6-17)24-26(13-14-30-24)23(27)18-7-10-20(25)11-8-18/h2-12,15,24H,13-14,16H2,1H3. The first-order valence-electron chi connectivity index (χ1n) is 9.68. The van der Waals surface area contributed by atoms with Gasteiger partial charge in [-0.25, -0.2) is 0 Å². The van der Waals surface area contributed by atoms with Crippen LogP contribution in [-0.4, -0.2) is 30.2 Å². The lowest BCUT2D eigenvalue weighted by atomic mass is 10.1. The minimum atomic E-state index is -0.0711. The summed E-state index contributed by atoms with van der Waals surface area (Å²) in [6.45, 7) is 1.15. The van der Waals surface area contributed by atoms with E-state index in [0.29, 0.717) is 35.2 Å². The van der Waals surface area contributed by atoms with Gasteiger partial charge < -0.3 is 14.4 Å². The van der Waals surface area contributed by atoms with E-state index in [9.17, 15) is 4.79 Å². The highest BCUT2D eigenvalue weighted by molar-refractivity contribution is 7.99. The van der Waals surface area contributed by atoms with Crippen molar-refractivity contribution in [1.29, 1.82) is 0 Å². The number of ether oxygens (including phenoxy) is 2. The predicted octanol–water partition coefficient (Wildman–Crippen LogP) is 5.82. The summed E-state index contributed by atoms with van der Waals surface area (Å²) in [6.07, 6.45) is 0. The van der Waals surface area contributed by atoms with Gasteiger partial charge in [-0.3, -0.25) is 4.79 Å². The van der Waals surface area contributed by atoms with Crippen LogP contribution in [0.1, 0.15) is 26.9 Å². The van der Waals surface area contributed by atoms with Crippen LogP contribution < -0.4 is 9.47 Å². The summed E-state index contributed by atoms with van der Waals surface area (Å²) in [4.78, 5) is 15.0. The maximum Gasteiger partial charge on any atom is 0.255 e.